The maximum Gasteiger partial charge on any atom is 0.224 e. The normalized spacial score (nSPS) is 18.3. The molecule has 2 aromatic rings. The van der Waals surface area contributed by atoms with Gasteiger partial charge in [0.1, 0.15) is 0 Å². The molecular formula is C23H27N3O2. The Labute approximate surface area is 166 Å². The van der Waals surface area contributed by atoms with Gasteiger partial charge in [-0.15, -0.1) is 0 Å². The van der Waals surface area contributed by atoms with Gasteiger partial charge in [-0.05, 0) is 49.2 Å². The predicted octanol–water partition coefficient (Wildman–Crippen LogP) is 3.35. The first-order valence-electron chi connectivity index (χ1n) is 10.1. The van der Waals surface area contributed by atoms with Gasteiger partial charge in [0.15, 0.2) is 5.78 Å². The van der Waals surface area contributed by atoms with E-state index in [0.717, 1.165) is 43.0 Å². The summed E-state index contributed by atoms with van der Waals surface area (Å²) in [5, 5.41) is 2.87. The molecular weight excluding hydrogens is 350 g/mol. The van der Waals surface area contributed by atoms with Crippen LogP contribution in [-0.4, -0.2) is 48.8 Å². The highest BCUT2D eigenvalue weighted by Gasteiger charge is 2.24. The number of carbonyl (C=O) groups excluding carboxylic acids is 2. The number of carbonyl (C=O) groups is 2. The van der Waals surface area contributed by atoms with E-state index in [1.807, 2.05) is 24.3 Å². The molecule has 2 aliphatic heterocycles. The maximum absolute atomic E-state index is 12.8. The number of anilines is 2. The van der Waals surface area contributed by atoms with E-state index in [4.69, 9.17) is 0 Å². The first-order valence-corrected chi connectivity index (χ1v) is 10.1. The molecule has 0 radical (unpaired) electrons. The Kier molecular flexibility index (Phi) is 5.44. The highest BCUT2D eigenvalue weighted by atomic mass is 16.1. The zero-order valence-electron chi connectivity index (χ0n) is 16.4. The number of fused-ring (bicyclic) bond motifs is 1. The van der Waals surface area contributed by atoms with Crippen molar-refractivity contribution in [3.05, 3.63) is 59.7 Å². The van der Waals surface area contributed by atoms with Crippen LogP contribution in [0, 0.1) is 0 Å². The summed E-state index contributed by atoms with van der Waals surface area (Å²) in [5.74, 6) is 0.229. The molecule has 28 heavy (non-hydrogen) atoms. The molecule has 2 aliphatic rings. The van der Waals surface area contributed by atoms with Crippen LogP contribution in [0.25, 0.3) is 0 Å². The summed E-state index contributed by atoms with van der Waals surface area (Å²) in [4.78, 5) is 29.1. The molecule has 0 spiro atoms. The monoisotopic (exact) mass is 377 g/mol. The SMILES string of the molecule is CC(CC(=O)c1ccc2c(c1)CCC(=O)N2)N1CCN(c2ccccc2)CC1. The highest BCUT2D eigenvalue weighted by Crippen LogP contribution is 2.25. The molecule has 0 saturated carbocycles. The van der Waals surface area contributed by atoms with E-state index in [2.05, 4.69) is 46.3 Å². The summed E-state index contributed by atoms with van der Waals surface area (Å²) < 4.78 is 0. The van der Waals surface area contributed by atoms with Crippen LogP contribution in [0.3, 0.4) is 0 Å². The van der Waals surface area contributed by atoms with Crippen molar-refractivity contribution >= 4 is 23.1 Å². The van der Waals surface area contributed by atoms with Crippen molar-refractivity contribution in [2.24, 2.45) is 0 Å². The molecule has 1 amide bonds. The Hall–Kier alpha value is -2.66. The van der Waals surface area contributed by atoms with Gasteiger partial charge in [0, 0.05) is 62.0 Å². The molecule has 5 nitrogen and oxygen atoms in total. The fourth-order valence-corrected chi connectivity index (χ4v) is 4.13. The smallest absolute Gasteiger partial charge is 0.224 e. The van der Waals surface area contributed by atoms with Gasteiger partial charge in [-0.25, -0.2) is 0 Å². The van der Waals surface area contributed by atoms with E-state index in [-0.39, 0.29) is 17.7 Å². The van der Waals surface area contributed by atoms with Crippen LogP contribution >= 0.6 is 0 Å². The lowest BCUT2D eigenvalue weighted by Crippen LogP contribution is -2.50. The lowest BCUT2D eigenvalue weighted by Gasteiger charge is -2.39. The van der Waals surface area contributed by atoms with E-state index in [1.54, 1.807) is 0 Å². The molecule has 2 heterocycles. The Morgan fingerprint density at radius 3 is 2.54 bits per heavy atom. The van der Waals surface area contributed by atoms with Gasteiger partial charge in [-0.3, -0.25) is 14.5 Å². The summed E-state index contributed by atoms with van der Waals surface area (Å²) in [6, 6.07) is 16.4. The second kappa shape index (κ2) is 8.15. The minimum absolute atomic E-state index is 0.0508. The number of benzene rings is 2. The van der Waals surface area contributed by atoms with Crippen LogP contribution in [-0.2, 0) is 11.2 Å². The van der Waals surface area contributed by atoms with Crippen molar-refractivity contribution in [3.8, 4) is 0 Å². The first-order chi connectivity index (χ1) is 13.6. The van der Waals surface area contributed by atoms with Gasteiger partial charge in [-0.1, -0.05) is 18.2 Å². The van der Waals surface area contributed by atoms with E-state index in [0.29, 0.717) is 19.3 Å². The van der Waals surface area contributed by atoms with Crippen LogP contribution in [0.2, 0.25) is 0 Å². The number of aryl methyl sites for hydroxylation is 1. The molecule has 1 N–H and O–H groups in total. The van der Waals surface area contributed by atoms with Crippen LogP contribution in [0.5, 0.6) is 0 Å². The number of hydrogen-bond donors (Lipinski definition) is 1. The largest absolute Gasteiger partial charge is 0.369 e. The van der Waals surface area contributed by atoms with Gasteiger partial charge < -0.3 is 10.2 Å². The molecule has 1 unspecified atom stereocenters. The van der Waals surface area contributed by atoms with Gasteiger partial charge in [0.05, 0.1) is 0 Å². The van der Waals surface area contributed by atoms with Crippen molar-refractivity contribution in [3.63, 3.8) is 0 Å². The zero-order chi connectivity index (χ0) is 19.5. The third-order valence-electron chi connectivity index (χ3n) is 5.86. The summed E-state index contributed by atoms with van der Waals surface area (Å²) >= 11 is 0. The number of piperazine rings is 1. The third-order valence-corrected chi connectivity index (χ3v) is 5.86. The standard InChI is InChI=1S/C23H27N3O2/c1-17(25-11-13-26(14-12-25)20-5-3-2-4-6-20)15-22(27)19-7-9-21-18(16-19)8-10-23(28)24-21/h2-7,9,16-17H,8,10-15H2,1H3,(H,24,28). The molecule has 1 atom stereocenters. The number of nitrogens with zero attached hydrogens (tertiary/aromatic N) is 2. The molecule has 5 heteroatoms. The number of amides is 1. The summed E-state index contributed by atoms with van der Waals surface area (Å²) in [5.41, 5.74) is 3.93. The number of ketones is 1. The van der Waals surface area contributed by atoms with Gasteiger partial charge in [-0.2, -0.15) is 0 Å². The van der Waals surface area contributed by atoms with Gasteiger partial charge >= 0.3 is 0 Å². The van der Waals surface area contributed by atoms with Crippen LogP contribution in [0.1, 0.15) is 35.7 Å². The molecule has 0 aromatic heterocycles. The second-order valence-electron chi connectivity index (χ2n) is 7.75. The number of para-hydroxylation sites is 1. The van der Waals surface area contributed by atoms with E-state index >= 15 is 0 Å². The fourth-order valence-electron chi connectivity index (χ4n) is 4.13. The first kappa shape index (κ1) is 18.7. The van der Waals surface area contributed by atoms with Gasteiger partial charge in [0.25, 0.3) is 0 Å². The minimum Gasteiger partial charge on any atom is -0.369 e. The molecule has 146 valence electrons. The lowest BCUT2D eigenvalue weighted by molar-refractivity contribution is -0.116. The summed E-state index contributed by atoms with van der Waals surface area (Å²) in [6.45, 7) is 6.07. The van der Waals surface area contributed by atoms with E-state index in [9.17, 15) is 9.59 Å². The van der Waals surface area contributed by atoms with E-state index < -0.39 is 0 Å². The van der Waals surface area contributed by atoms with Crippen LogP contribution in [0.15, 0.2) is 48.5 Å². The van der Waals surface area contributed by atoms with Crippen molar-refractivity contribution < 1.29 is 9.59 Å². The van der Waals surface area contributed by atoms with Crippen LogP contribution in [0.4, 0.5) is 11.4 Å². The molecule has 0 bridgehead atoms. The topological polar surface area (TPSA) is 52.7 Å². The molecule has 0 aliphatic carbocycles. The van der Waals surface area contributed by atoms with E-state index in [1.165, 1.54) is 5.69 Å². The zero-order valence-corrected chi connectivity index (χ0v) is 16.4. The molecule has 1 fully saturated rings. The fraction of sp³-hybridized carbons (Fsp3) is 0.391. The number of hydrogen-bond acceptors (Lipinski definition) is 4. The highest BCUT2D eigenvalue weighted by molar-refractivity contribution is 5.99. The van der Waals surface area contributed by atoms with Crippen molar-refractivity contribution in [2.45, 2.75) is 32.2 Å². The van der Waals surface area contributed by atoms with Crippen molar-refractivity contribution in [1.29, 1.82) is 0 Å². The average molecular weight is 377 g/mol. The molecule has 2 aromatic carbocycles. The van der Waals surface area contributed by atoms with Crippen LogP contribution < -0.4 is 10.2 Å². The maximum atomic E-state index is 12.8. The molecule has 4 rings (SSSR count). The number of rotatable bonds is 5. The second-order valence-corrected chi connectivity index (χ2v) is 7.75. The Bertz CT molecular complexity index is 857. The minimum atomic E-state index is 0.0508. The lowest BCUT2D eigenvalue weighted by atomic mass is 9.96. The number of Topliss-reactive ketones (excluding diaryl/α,β-unsaturated/α-hetero) is 1. The van der Waals surface area contributed by atoms with Crippen molar-refractivity contribution in [1.82, 2.24) is 4.90 Å². The average Bonchev–Trinajstić information content (AvgIpc) is 2.74. The third kappa shape index (κ3) is 4.09. The Balaban J connectivity index is 1.33. The number of nitrogens with one attached hydrogen (secondary N) is 1. The Morgan fingerprint density at radius 1 is 1.04 bits per heavy atom. The Morgan fingerprint density at radius 2 is 1.79 bits per heavy atom. The quantitative estimate of drug-likeness (QED) is 0.812. The molecule has 1 saturated heterocycles. The van der Waals surface area contributed by atoms with Gasteiger partial charge in [0.2, 0.25) is 5.91 Å². The summed E-state index contributed by atoms with van der Waals surface area (Å²) in [7, 11) is 0. The predicted molar refractivity (Wildman–Crippen MR) is 112 cm³/mol. The van der Waals surface area contributed by atoms with Crippen molar-refractivity contribution in [2.75, 3.05) is 36.4 Å². The summed E-state index contributed by atoms with van der Waals surface area (Å²) in [6.07, 6.45) is 1.72.